The van der Waals surface area contributed by atoms with Gasteiger partial charge in [0.05, 0.1) is 0 Å². The SMILES string of the molecule is C=C[Si](C=C)(Oc1ccccc1)Oc1ccccc1. The van der Waals surface area contributed by atoms with Crippen LogP contribution in [0.3, 0.4) is 0 Å². The van der Waals surface area contributed by atoms with Crippen LogP contribution in [-0.4, -0.2) is 8.56 Å². The van der Waals surface area contributed by atoms with Crippen LogP contribution in [-0.2, 0) is 0 Å². The number of hydrogen-bond acceptors (Lipinski definition) is 2. The molecule has 19 heavy (non-hydrogen) atoms. The third-order valence-corrected chi connectivity index (χ3v) is 4.86. The minimum Gasteiger partial charge on any atom is -0.506 e. The van der Waals surface area contributed by atoms with Crippen molar-refractivity contribution in [3.8, 4) is 11.5 Å². The number of hydrogen-bond donors (Lipinski definition) is 0. The molecule has 0 unspecified atom stereocenters. The predicted molar refractivity (Wildman–Crippen MR) is 80.3 cm³/mol. The summed E-state index contributed by atoms with van der Waals surface area (Å²) in [6.07, 6.45) is 0. The van der Waals surface area contributed by atoms with Crippen LogP contribution in [0.5, 0.6) is 11.5 Å². The zero-order valence-corrected chi connectivity index (χ0v) is 11.7. The van der Waals surface area contributed by atoms with Crippen molar-refractivity contribution in [2.24, 2.45) is 0 Å². The first-order valence-electron chi connectivity index (χ1n) is 6.03. The second-order valence-corrected chi connectivity index (χ2v) is 6.63. The molecule has 0 spiro atoms. The number of rotatable bonds is 6. The van der Waals surface area contributed by atoms with Gasteiger partial charge >= 0.3 is 8.56 Å². The standard InChI is InChI=1S/C16H16O2Si/c1-3-19(4-2,17-15-11-7-5-8-12-15)18-16-13-9-6-10-14-16/h3-14H,1-2H2. The summed E-state index contributed by atoms with van der Waals surface area (Å²) >= 11 is 0. The summed E-state index contributed by atoms with van der Waals surface area (Å²) in [5.41, 5.74) is 3.44. The molecule has 96 valence electrons. The van der Waals surface area contributed by atoms with E-state index in [1.807, 2.05) is 60.7 Å². The average Bonchev–Trinajstić information content (AvgIpc) is 2.48. The molecule has 3 heteroatoms. The Balaban J connectivity index is 2.23. The van der Waals surface area contributed by atoms with Crippen molar-refractivity contribution in [3.05, 3.63) is 85.2 Å². The van der Waals surface area contributed by atoms with E-state index in [4.69, 9.17) is 8.85 Å². The summed E-state index contributed by atoms with van der Waals surface area (Å²) in [7, 11) is -2.70. The van der Waals surface area contributed by atoms with E-state index in [9.17, 15) is 0 Å². The van der Waals surface area contributed by atoms with Crippen LogP contribution in [0, 0.1) is 0 Å². The summed E-state index contributed by atoms with van der Waals surface area (Å²) < 4.78 is 12.0. The van der Waals surface area contributed by atoms with Gasteiger partial charge in [-0.1, -0.05) is 49.6 Å². The fourth-order valence-corrected chi connectivity index (χ4v) is 3.17. The molecule has 2 aromatic rings. The van der Waals surface area contributed by atoms with Crippen LogP contribution in [0.15, 0.2) is 85.2 Å². The van der Waals surface area contributed by atoms with E-state index in [0.29, 0.717) is 0 Å². The first kappa shape index (κ1) is 13.2. The lowest BCUT2D eigenvalue weighted by molar-refractivity contribution is 0.414. The molecule has 2 rings (SSSR count). The molecule has 0 fully saturated rings. The normalized spacial score (nSPS) is 10.5. The van der Waals surface area contributed by atoms with Crippen molar-refractivity contribution in [3.63, 3.8) is 0 Å². The Morgan fingerprint density at radius 3 is 1.37 bits per heavy atom. The first-order valence-corrected chi connectivity index (χ1v) is 8.00. The number of benzene rings is 2. The van der Waals surface area contributed by atoms with Crippen molar-refractivity contribution in [1.82, 2.24) is 0 Å². The van der Waals surface area contributed by atoms with Crippen LogP contribution in [0.1, 0.15) is 0 Å². The van der Waals surface area contributed by atoms with E-state index in [0.717, 1.165) is 11.5 Å². The van der Waals surface area contributed by atoms with Crippen molar-refractivity contribution in [2.75, 3.05) is 0 Å². The van der Waals surface area contributed by atoms with E-state index in [1.54, 1.807) is 11.4 Å². The maximum atomic E-state index is 5.98. The summed E-state index contributed by atoms with van der Waals surface area (Å²) in [4.78, 5) is 0. The van der Waals surface area contributed by atoms with Crippen molar-refractivity contribution < 1.29 is 8.85 Å². The van der Waals surface area contributed by atoms with E-state index in [1.165, 1.54) is 0 Å². The van der Waals surface area contributed by atoms with Crippen molar-refractivity contribution in [1.29, 1.82) is 0 Å². The molecule has 0 radical (unpaired) electrons. The molecule has 0 saturated heterocycles. The predicted octanol–water partition coefficient (Wildman–Crippen LogP) is 4.04. The molecule has 0 heterocycles. The number of para-hydroxylation sites is 2. The smallest absolute Gasteiger partial charge is 0.506 e. The zero-order chi connectivity index (χ0) is 13.6. The fraction of sp³-hybridized carbons (Fsp3) is 0. The van der Waals surface area contributed by atoms with E-state index >= 15 is 0 Å². The van der Waals surface area contributed by atoms with Crippen LogP contribution < -0.4 is 8.85 Å². The van der Waals surface area contributed by atoms with Gasteiger partial charge in [-0.2, -0.15) is 0 Å². The molecule has 0 atom stereocenters. The minimum atomic E-state index is -2.70. The molecule has 2 aromatic carbocycles. The Morgan fingerprint density at radius 2 is 1.05 bits per heavy atom. The Bertz CT molecular complexity index is 486. The monoisotopic (exact) mass is 268 g/mol. The van der Waals surface area contributed by atoms with Gasteiger partial charge in [-0.25, -0.2) is 0 Å². The zero-order valence-electron chi connectivity index (χ0n) is 10.7. The lowest BCUT2D eigenvalue weighted by atomic mass is 10.3. The van der Waals surface area contributed by atoms with Crippen LogP contribution in [0.25, 0.3) is 0 Å². The summed E-state index contributed by atoms with van der Waals surface area (Å²) in [5.74, 6) is 1.51. The van der Waals surface area contributed by atoms with E-state index in [2.05, 4.69) is 13.2 Å². The topological polar surface area (TPSA) is 18.5 Å². The van der Waals surface area contributed by atoms with Gasteiger partial charge in [0.25, 0.3) is 0 Å². The van der Waals surface area contributed by atoms with Crippen LogP contribution in [0.4, 0.5) is 0 Å². The van der Waals surface area contributed by atoms with Gasteiger partial charge in [0, 0.05) is 0 Å². The Labute approximate surface area is 114 Å². The van der Waals surface area contributed by atoms with Gasteiger partial charge in [0.2, 0.25) is 0 Å². The van der Waals surface area contributed by atoms with Gasteiger partial charge in [-0.05, 0) is 35.7 Å². The molecular weight excluding hydrogens is 252 g/mol. The molecule has 0 aliphatic heterocycles. The molecule has 0 aromatic heterocycles. The Hall–Kier alpha value is -2.26. The van der Waals surface area contributed by atoms with Crippen LogP contribution >= 0.6 is 0 Å². The highest BCUT2D eigenvalue weighted by Crippen LogP contribution is 2.21. The highest BCUT2D eigenvalue weighted by molar-refractivity contribution is 6.78. The van der Waals surface area contributed by atoms with Gasteiger partial charge in [0.15, 0.2) is 0 Å². The second-order valence-electron chi connectivity index (χ2n) is 3.96. The van der Waals surface area contributed by atoms with Crippen molar-refractivity contribution >= 4 is 8.56 Å². The van der Waals surface area contributed by atoms with E-state index in [-0.39, 0.29) is 0 Å². The molecule has 0 bridgehead atoms. The van der Waals surface area contributed by atoms with Crippen LogP contribution in [0.2, 0.25) is 0 Å². The van der Waals surface area contributed by atoms with Gasteiger partial charge in [-0.3, -0.25) is 0 Å². The molecule has 2 nitrogen and oxygen atoms in total. The Morgan fingerprint density at radius 1 is 0.684 bits per heavy atom. The fourth-order valence-electron chi connectivity index (χ4n) is 1.62. The minimum absolute atomic E-state index is 0.755. The Kier molecular flexibility index (Phi) is 4.21. The lowest BCUT2D eigenvalue weighted by Gasteiger charge is -2.25. The van der Waals surface area contributed by atoms with Crippen molar-refractivity contribution in [2.45, 2.75) is 0 Å². The van der Waals surface area contributed by atoms with Gasteiger partial charge < -0.3 is 8.85 Å². The molecule has 0 saturated carbocycles. The highest BCUT2D eigenvalue weighted by Gasteiger charge is 2.35. The molecule has 0 aliphatic rings. The van der Waals surface area contributed by atoms with E-state index < -0.39 is 8.56 Å². The first-order chi connectivity index (χ1) is 9.28. The quantitative estimate of drug-likeness (QED) is 0.736. The molecule has 0 amide bonds. The molecule has 0 N–H and O–H groups in total. The third-order valence-electron chi connectivity index (χ3n) is 2.61. The summed E-state index contributed by atoms with van der Waals surface area (Å²) in [6.45, 7) is 7.67. The summed E-state index contributed by atoms with van der Waals surface area (Å²) in [6, 6.07) is 19.1. The second kappa shape index (κ2) is 6.07. The molecule has 0 aliphatic carbocycles. The summed E-state index contributed by atoms with van der Waals surface area (Å²) in [5, 5.41) is 0. The molecular formula is C16H16O2Si. The highest BCUT2D eigenvalue weighted by atomic mass is 28.4. The largest absolute Gasteiger partial charge is 0.514 e. The maximum absolute atomic E-state index is 5.98. The third kappa shape index (κ3) is 3.36. The van der Waals surface area contributed by atoms with Gasteiger partial charge in [-0.15, -0.1) is 0 Å². The average molecular weight is 268 g/mol. The lowest BCUT2D eigenvalue weighted by Crippen LogP contribution is -2.45. The maximum Gasteiger partial charge on any atom is 0.514 e. The van der Waals surface area contributed by atoms with Gasteiger partial charge in [0.1, 0.15) is 11.5 Å².